The van der Waals surface area contributed by atoms with Crippen LogP contribution in [-0.4, -0.2) is 64.1 Å². The van der Waals surface area contributed by atoms with Crippen LogP contribution in [0.4, 0.5) is 0 Å². The smallest absolute Gasteiger partial charge is 0.246 e. The van der Waals surface area contributed by atoms with Gasteiger partial charge in [0.1, 0.15) is 16.4 Å². The summed E-state index contributed by atoms with van der Waals surface area (Å²) in [5, 5.41) is 0. The molecular formula is C18H28N2O4S. The molecule has 25 heavy (non-hydrogen) atoms. The maximum absolute atomic E-state index is 13.1. The van der Waals surface area contributed by atoms with Crippen LogP contribution in [-0.2, 0) is 10.0 Å². The minimum Gasteiger partial charge on any atom is -0.497 e. The topological polar surface area (TPSA) is 59.1 Å². The molecule has 0 unspecified atom stereocenters. The normalized spacial score (nSPS) is 21.2. The maximum Gasteiger partial charge on any atom is 0.246 e. The van der Waals surface area contributed by atoms with Gasteiger partial charge in [0.2, 0.25) is 10.0 Å². The molecule has 1 heterocycles. The van der Waals surface area contributed by atoms with Crippen LogP contribution in [0.25, 0.3) is 0 Å². The first kappa shape index (κ1) is 18.5. The Bertz CT molecular complexity index is 686. The van der Waals surface area contributed by atoms with Crippen LogP contribution in [0.15, 0.2) is 23.1 Å². The van der Waals surface area contributed by atoms with Crippen LogP contribution >= 0.6 is 0 Å². The van der Waals surface area contributed by atoms with Gasteiger partial charge in [-0.2, -0.15) is 4.31 Å². The van der Waals surface area contributed by atoms with E-state index in [2.05, 4.69) is 4.90 Å². The highest BCUT2D eigenvalue weighted by atomic mass is 32.2. The minimum absolute atomic E-state index is 0.213. The van der Waals surface area contributed by atoms with Crippen molar-refractivity contribution >= 4 is 10.0 Å². The van der Waals surface area contributed by atoms with Crippen molar-refractivity contribution in [3.05, 3.63) is 18.2 Å². The quantitative estimate of drug-likeness (QED) is 0.798. The maximum atomic E-state index is 13.1. The van der Waals surface area contributed by atoms with Gasteiger partial charge in [-0.05, 0) is 37.9 Å². The summed E-state index contributed by atoms with van der Waals surface area (Å²) in [6.45, 7) is 2.88. The molecule has 7 heteroatoms. The summed E-state index contributed by atoms with van der Waals surface area (Å²) in [6.07, 6.45) is 5.96. The van der Waals surface area contributed by atoms with E-state index >= 15 is 0 Å². The van der Waals surface area contributed by atoms with E-state index in [4.69, 9.17) is 9.47 Å². The Morgan fingerprint density at radius 3 is 2.40 bits per heavy atom. The third kappa shape index (κ3) is 3.93. The lowest BCUT2D eigenvalue weighted by atomic mass is 10.2. The number of ether oxygens (including phenoxy) is 2. The van der Waals surface area contributed by atoms with Crippen molar-refractivity contribution in [1.29, 1.82) is 0 Å². The molecule has 3 rings (SSSR count). The van der Waals surface area contributed by atoms with E-state index in [-0.39, 0.29) is 4.90 Å². The molecule has 2 aliphatic rings. The second-order valence-electron chi connectivity index (χ2n) is 6.75. The molecule has 6 nitrogen and oxygen atoms in total. The van der Waals surface area contributed by atoms with Gasteiger partial charge in [-0.15, -0.1) is 0 Å². The first-order valence-corrected chi connectivity index (χ1v) is 10.5. The Morgan fingerprint density at radius 2 is 1.72 bits per heavy atom. The lowest BCUT2D eigenvalue weighted by molar-refractivity contribution is 0.209. The highest BCUT2D eigenvalue weighted by Gasteiger charge is 2.31. The van der Waals surface area contributed by atoms with Gasteiger partial charge in [-0.3, -0.25) is 4.90 Å². The molecule has 1 aliphatic heterocycles. The predicted molar refractivity (Wildman–Crippen MR) is 96.8 cm³/mol. The fourth-order valence-electron chi connectivity index (χ4n) is 3.92. The van der Waals surface area contributed by atoms with E-state index < -0.39 is 10.0 Å². The lowest BCUT2D eigenvalue weighted by Crippen LogP contribution is -2.38. The third-order valence-corrected chi connectivity index (χ3v) is 7.26. The molecule has 0 spiro atoms. The van der Waals surface area contributed by atoms with Gasteiger partial charge >= 0.3 is 0 Å². The molecule has 0 radical (unpaired) electrons. The van der Waals surface area contributed by atoms with E-state index in [0.717, 1.165) is 19.5 Å². The summed E-state index contributed by atoms with van der Waals surface area (Å²) < 4.78 is 38.3. The van der Waals surface area contributed by atoms with Gasteiger partial charge in [-0.25, -0.2) is 8.42 Å². The molecule has 1 saturated heterocycles. The molecule has 0 amide bonds. The minimum atomic E-state index is -3.57. The van der Waals surface area contributed by atoms with Crippen molar-refractivity contribution in [2.75, 3.05) is 40.4 Å². The van der Waals surface area contributed by atoms with Crippen LogP contribution in [0.2, 0.25) is 0 Å². The molecule has 1 aliphatic carbocycles. The van der Waals surface area contributed by atoms with Crippen molar-refractivity contribution < 1.29 is 17.9 Å². The van der Waals surface area contributed by atoms with Crippen molar-refractivity contribution in [1.82, 2.24) is 9.21 Å². The largest absolute Gasteiger partial charge is 0.497 e. The molecule has 1 aromatic rings. The molecule has 0 atom stereocenters. The lowest BCUT2D eigenvalue weighted by Gasteiger charge is -2.27. The zero-order valence-electron chi connectivity index (χ0n) is 15.1. The van der Waals surface area contributed by atoms with Crippen molar-refractivity contribution in [3.8, 4) is 11.5 Å². The molecule has 0 aromatic heterocycles. The van der Waals surface area contributed by atoms with Crippen molar-refractivity contribution in [2.45, 2.75) is 43.0 Å². The number of hydrogen-bond acceptors (Lipinski definition) is 5. The van der Waals surface area contributed by atoms with E-state index in [9.17, 15) is 8.42 Å². The Balaban J connectivity index is 1.78. The van der Waals surface area contributed by atoms with Crippen LogP contribution in [0.5, 0.6) is 11.5 Å². The van der Waals surface area contributed by atoms with Crippen molar-refractivity contribution in [3.63, 3.8) is 0 Å². The Hall–Kier alpha value is -1.31. The van der Waals surface area contributed by atoms with Gasteiger partial charge in [-0.1, -0.05) is 12.8 Å². The first-order chi connectivity index (χ1) is 12.1. The highest BCUT2D eigenvalue weighted by Crippen LogP contribution is 2.31. The molecule has 1 aromatic carbocycles. The highest BCUT2D eigenvalue weighted by molar-refractivity contribution is 7.89. The standard InChI is InChI=1S/C18H28N2O4S/c1-23-16-8-9-18(17(14-16)24-2)25(21,22)20-11-5-10-19(12-13-20)15-6-3-4-7-15/h8-9,14-15H,3-7,10-13H2,1-2H3. The van der Waals surface area contributed by atoms with E-state index in [1.165, 1.54) is 32.8 Å². The van der Waals surface area contributed by atoms with Gasteiger partial charge < -0.3 is 9.47 Å². The van der Waals surface area contributed by atoms with Crippen LogP contribution in [0.1, 0.15) is 32.1 Å². The van der Waals surface area contributed by atoms with Gasteiger partial charge in [0, 0.05) is 31.7 Å². The second kappa shape index (κ2) is 7.93. The van der Waals surface area contributed by atoms with Gasteiger partial charge in [0.25, 0.3) is 0 Å². The first-order valence-electron chi connectivity index (χ1n) is 9.02. The summed E-state index contributed by atoms with van der Waals surface area (Å²) >= 11 is 0. The molecule has 1 saturated carbocycles. The van der Waals surface area contributed by atoms with Gasteiger partial charge in [0.15, 0.2) is 0 Å². The van der Waals surface area contributed by atoms with Gasteiger partial charge in [0.05, 0.1) is 14.2 Å². The summed E-state index contributed by atoms with van der Waals surface area (Å²) in [5.41, 5.74) is 0. The summed E-state index contributed by atoms with van der Waals surface area (Å²) in [6, 6.07) is 5.50. The fraction of sp³-hybridized carbons (Fsp3) is 0.667. The summed E-state index contributed by atoms with van der Waals surface area (Å²) in [7, 11) is -0.539. The van der Waals surface area contributed by atoms with E-state index in [0.29, 0.717) is 30.6 Å². The van der Waals surface area contributed by atoms with E-state index in [1.807, 2.05) is 0 Å². The zero-order chi connectivity index (χ0) is 17.9. The number of hydrogen-bond donors (Lipinski definition) is 0. The average Bonchev–Trinajstić information content (AvgIpc) is 3.05. The number of methoxy groups -OCH3 is 2. The molecular weight excluding hydrogens is 340 g/mol. The average molecular weight is 368 g/mol. The van der Waals surface area contributed by atoms with Crippen LogP contribution < -0.4 is 9.47 Å². The number of sulfonamides is 1. The van der Waals surface area contributed by atoms with Crippen molar-refractivity contribution in [2.24, 2.45) is 0 Å². The third-order valence-electron chi connectivity index (χ3n) is 5.32. The number of nitrogens with zero attached hydrogens (tertiary/aromatic N) is 2. The summed E-state index contributed by atoms with van der Waals surface area (Å²) in [4.78, 5) is 2.69. The Morgan fingerprint density at radius 1 is 0.960 bits per heavy atom. The summed E-state index contributed by atoms with van der Waals surface area (Å²) in [5.74, 6) is 0.912. The SMILES string of the molecule is COc1ccc(S(=O)(=O)N2CCCN(C3CCCC3)CC2)c(OC)c1. The Kier molecular flexibility index (Phi) is 5.86. The molecule has 0 bridgehead atoms. The molecule has 0 N–H and O–H groups in total. The zero-order valence-corrected chi connectivity index (χ0v) is 15.9. The molecule has 2 fully saturated rings. The second-order valence-corrected chi connectivity index (χ2v) is 8.66. The predicted octanol–water partition coefficient (Wildman–Crippen LogP) is 2.34. The monoisotopic (exact) mass is 368 g/mol. The fourth-order valence-corrected chi connectivity index (χ4v) is 5.52. The van der Waals surface area contributed by atoms with Crippen LogP contribution in [0.3, 0.4) is 0 Å². The molecule has 140 valence electrons. The van der Waals surface area contributed by atoms with Crippen LogP contribution in [0, 0.1) is 0 Å². The van der Waals surface area contributed by atoms with E-state index in [1.54, 1.807) is 29.6 Å². The number of rotatable bonds is 5. The Labute approximate surface area is 150 Å². The number of benzene rings is 1.